The van der Waals surface area contributed by atoms with Crippen LogP contribution in [0.2, 0.25) is 0 Å². The van der Waals surface area contributed by atoms with E-state index in [2.05, 4.69) is 19.2 Å². The van der Waals surface area contributed by atoms with Crippen molar-refractivity contribution in [3.63, 3.8) is 0 Å². The summed E-state index contributed by atoms with van der Waals surface area (Å²) < 4.78 is 0. The summed E-state index contributed by atoms with van der Waals surface area (Å²) in [6.07, 6.45) is 1.75. The Morgan fingerprint density at radius 1 is 1.16 bits per heavy atom. The van der Waals surface area contributed by atoms with E-state index in [1.165, 1.54) is 4.90 Å². The van der Waals surface area contributed by atoms with Crippen molar-refractivity contribution in [2.24, 2.45) is 0 Å². The largest absolute Gasteiger partial charge is 0.310 e. The third-order valence-electron chi connectivity index (χ3n) is 3.40. The number of imide groups is 1. The number of anilines is 1. The molecule has 0 saturated carbocycles. The number of hydrogen-bond donors (Lipinski definition) is 1. The number of hydrogen-bond acceptors (Lipinski definition) is 3. The van der Waals surface area contributed by atoms with Gasteiger partial charge in [0.2, 0.25) is 11.8 Å². The van der Waals surface area contributed by atoms with Crippen molar-refractivity contribution in [1.82, 2.24) is 5.32 Å². The Morgan fingerprint density at radius 2 is 1.74 bits per heavy atom. The second kappa shape index (κ2) is 5.97. The topological polar surface area (TPSA) is 49.4 Å². The monoisotopic (exact) mass is 260 g/mol. The number of rotatable bonds is 5. The first-order chi connectivity index (χ1) is 9.13. The molecule has 1 aliphatic heterocycles. The van der Waals surface area contributed by atoms with Crippen LogP contribution in [0, 0.1) is 0 Å². The summed E-state index contributed by atoms with van der Waals surface area (Å²) in [5, 5.41) is 3.41. The molecule has 19 heavy (non-hydrogen) atoms. The Balaban J connectivity index is 2.10. The number of amides is 2. The van der Waals surface area contributed by atoms with Gasteiger partial charge >= 0.3 is 0 Å². The Morgan fingerprint density at radius 3 is 2.26 bits per heavy atom. The zero-order chi connectivity index (χ0) is 13.8. The molecular weight excluding hydrogens is 240 g/mol. The van der Waals surface area contributed by atoms with Crippen molar-refractivity contribution >= 4 is 17.5 Å². The van der Waals surface area contributed by atoms with E-state index in [9.17, 15) is 9.59 Å². The Bertz CT molecular complexity index is 452. The lowest BCUT2D eigenvalue weighted by atomic mass is 10.1. The normalized spacial score (nSPS) is 17.1. The first-order valence-electron chi connectivity index (χ1n) is 6.82. The predicted octanol–water partition coefficient (Wildman–Crippen LogP) is 2.40. The maximum Gasteiger partial charge on any atom is 0.234 e. The minimum absolute atomic E-state index is 0.102. The SMILES string of the molecule is CCCNC(C)c1ccc(N2C(=O)CCC2=O)cc1. The van der Waals surface area contributed by atoms with Crippen molar-refractivity contribution in [1.29, 1.82) is 0 Å². The molecule has 0 aromatic heterocycles. The van der Waals surface area contributed by atoms with Crippen LogP contribution in [-0.4, -0.2) is 18.4 Å². The first-order valence-corrected chi connectivity index (χ1v) is 6.82. The van der Waals surface area contributed by atoms with Crippen molar-refractivity contribution in [2.45, 2.75) is 39.2 Å². The van der Waals surface area contributed by atoms with E-state index >= 15 is 0 Å². The molecule has 1 aliphatic rings. The fourth-order valence-corrected chi connectivity index (χ4v) is 2.26. The molecule has 1 fully saturated rings. The van der Waals surface area contributed by atoms with Crippen LogP contribution in [0.1, 0.15) is 44.7 Å². The molecule has 0 aliphatic carbocycles. The van der Waals surface area contributed by atoms with Crippen LogP contribution >= 0.6 is 0 Å². The summed E-state index contributed by atoms with van der Waals surface area (Å²) in [7, 11) is 0. The number of benzene rings is 1. The van der Waals surface area contributed by atoms with Crippen molar-refractivity contribution < 1.29 is 9.59 Å². The smallest absolute Gasteiger partial charge is 0.234 e. The van der Waals surface area contributed by atoms with E-state index < -0.39 is 0 Å². The van der Waals surface area contributed by atoms with Gasteiger partial charge in [0, 0.05) is 18.9 Å². The van der Waals surface area contributed by atoms with E-state index in [1.54, 1.807) is 0 Å². The second-order valence-electron chi connectivity index (χ2n) is 4.89. The van der Waals surface area contributed by atoms with Gasteiger partial charge in [0.25, 0.3) is 0 Å². The second-order valence-corrected chi connectivity index (χ2v) is 4.89. The highest BCUT2D eigenvalue weighted by Gasteiger charge is 2.30. The molecule has 1 aromatic rings. The molecule has 4 heteroatoms. The van der Waals surface area contributed by atoms with Crippen molar-refractivity contribution in [2.75, 3.05) is 11.4 Å². The maximum absolute atomic E-state index is 11.6. The van der Waals surface area contributed by atoms with Crippen LogP contribution in [-0.2, 0) is 9.59 Å². The quantitative estimate of drug-likeness (QED) is 0.827. The highest BCUT2D eigenvalue weighted by molar-refractivity contribution is 6.19. The van der Waals surface area contributed by atoms with Crippen LogP contribution in [0.3, 0.4) is 0 Å². The first kappa shape index (κ1) is 13.7. The summed E-state index contributed by atoms with van der Waals surface area (Å²) in [5.74, 6) is -0.204. The molecule has 0 radical (unpaired) electrons. The van der Waals surface area contributed by atoms with Crippen molar-refractivity contribution in [3.05, 3.63) is 29.8 Å². The number of carbonyl (C=O) groups is 2. The molecule has 1 aromatic carbocycles. The molecule has 2 rings (SSSR count). The number of nitrogens with zero attached hydrogens (tertiary/aromatic N) is 1. The summed E-state index contributed by atoms with van der Waals surface area (Å²) >= 11 is 0. The Labute approximate surface area is 113 Å². The molecule has 0 bridgehead atoms. The molecule has 1 N–H and O–H groups in total. The van der Waals surface area contributed by atoms with E-state index in [0.29, 0.717) is 18.5 Å². The van der Waals surface area contributed by atoms with Crippen LogP contribution < -0.4 is 10.2 Å². The molecular formula is C15H20N2O2. The van der Waals surface area contributed by atoms with E-state index in [4.69, 9.17) is 0 Å². The third-order valence-corrected chi connectivity index (χ3v) is 3.40. The number of nitrogens with one attached hydrogen (secondary N) is 1. The number of carbonyl (C=O) groups excluding carboxylic acids is 2. The lowest BCUT2D eigenvalue weighted by Gasteiger charge is -2.17. The van der Waals surface area contributed by atoms with Gasteiger partial charge in [-0.3, -0.25) is 14.5 Å². The van der Waals surface area contributed by atoms with Crippen LogP contribution in [0.4, 0.5) is 5.69 Å². The van der Waals surface area contributed by atoms with Gasteiger partial charge in [0.05, 0.1) is 5.69 Å². The Hall–Kier alpha value is -1.68. The van der Waals surface area contributed by atoms with Gasteiger partial charge in [-0.1, -0.05) is 19.1 Å². The van der Waals surface area contributed by atoms with Gasteiger partial charge < -0.3 is 5.32 Å². The molecule has 1 heterocycles. The Kier molecular flexibility index (Phi) is 4.32. The third kappa shape index (κ3) is 3.01. The van der Waals surface area contributed by atoms with Gasteiger partial charge in [-0.15, -0.1) is 0 Å². The highest BCUT2D eigenvalue weighted by Crippen LogP contribution is 2.24. The summed E-state index contributed by atoms with van der Waals surface area (Å²) in [5.41, 5.74) is 1.84. The standard InChI is InChI=1S/C15H20N2O2/c1-3-10-16-11(2)12-4-6-13(7-5-12)17-14(18)8-9-15(17)19/h4-7,11,16H,3,8-10H2,1-2H3. The van der Waals surface area contributed by atoms with E-state index in [0.717, 1.165) is 18.5 Å². The highest BCUT2D eigenvalue weighted by atomic mass is 16.2. The molecule has 4 nitrogen and oxygen atoms in total. The van der Waals surface area contributed by atoms with Crippen LogP contribution in [0.5, 0.6) is 0 Å². The molecule has 1 saturated heterocycles. The van der Waals surface area contributed by atoms with E-state index in [1.807, 2.05) is 24.3 Å². The zero-order valence-corrected chi connectivity index (χ0v) is 11.5. The molecule has 1 unspecified atom stereocenters. The average molecular weight is 260 g/mol. The maximum atomic E-state index is 11.6. The molecule has 102 valence electrons. The lowest BCUT2D eigenvalue weighted by Crippen LogP contribution is -2.28. The molecule has 1 atom stereocenters. The van der Waals surface area contributed by atoms with Gasteiger partial charge in [-0.05, 0) is 37.6 Å². The lowest BCUT2D eigenvalue weighted by molar-refractivity contribution is -0.121. The van der Waals surface area contributed by atoms with Crippen molar-refractivity contribution in [3.8, 4) is 0 Å². The fraction of sp³-hybridized carbons (Fsp3) is 0.467. The van der Waals surface area contributed by atoms with Crippen LogP contribution in [0.25, 0.3) is 0 Å². The van der Waals surface area contributed by atoms with Gasteiger partial charge in [-0.25, -0.2) is 0 Å². The van der Waals surface area contributed by atoms with Gasteiger partial charge in [-0.2, -0.15) is 0 Å². The van der Waals surface area contributed by atoms with Crippen LogP contribution in [0.15, 0.2) is 24.3 Å². The minimum atomic E-state index is -0.102. The van der Waals surface area contributed by atoms with Gasteiger partial charge in [0.15, 0.2) is 0 Å². The van der Waals surface area contributed by atoms with Gasteiger partial charge in [0.1, 0.15) is 0 Å². The zero-order valence-electron chi connectivity index (χ0n) is 11.5. The molecule has 2 amide bonds. The minimum Gasteiger partial charge on any atom is -0.310 e. The fourth-order valence-electron chi connectivity index (χ4n) is 2.26. The predicted molar refractivity (Wildman–Crippen MR) is 74.9 cm³/mol. The molecule has 0 spiro atoms. The summed E-state index contributed by atoms with van der Waals surface area (Å²) in [4.78, 5) is 24.6. The van der Waals surface area contributed by atoms with E-state index in [-0.39, 0.29) is 17.9 Å². The average Bonchev–Trinajstić information content (AvgIpc) is 2.76. The summed E-state index contributed by atoms with van der Waals surface area (Å²) in [6, 6.07) is 7.92. The summed E-state index contributed by atoms with van der Waals surface area (Å²) in [6.45, 7) is 5.22.